The Balaban J connectivity index is 1.32. The fourth-order valence-corrected chi connectivity index (χ4v) is 4.37. The van der Waals surface area contributed by atoms with Gasteiger partial charge in [0.1, 0.15) is 16.9 Å². The Bertz CT molecular complexity index is 1450. The smallest absolute Gasteiger partial charge is 0.410 e. The highest BCUT2D eigenvalue weighted by atomic mass is 16.6. The summed E-state index contributed by atoms with van der Waals surface area (Å²) < 4.78 is 12.9. The molecule has 1 aliphatic heterocycles. The van der Waals surface area contributed by atoms with Gasteiger partial charge in [-0.1, -0.05) is 23.4 Å². The summed E-state index contributed by atoms with van der Waals surface area (Å²) in [6, 6.07) is 11.2. The molecule has 1 atom stereocenters. The van der Waals surface area contributed by atoms with E-state index in [0.717, 1.165) is 18.4 Å². The van der Waals surface area contributed by atoms with E-state index >= 15 is 0 Å². The zero-order valence-corrected chi connectivity index (χ0v) is 21.4. The number of amides is 2. The average molecular weight is 503 g/mol. The van der Waals surface area contributed by atoms with Crippen molar-refractivity contribution >= 4 is 23.3 Å². The van der Waals surface area contributed by atoms with Gasteiger partial charge in [0.25, 0.3) is 5.91 Å². The number of piperidine rings is 1. The third-order valence-electron chi connectivity index (χ3n) is 6.26. The Labute approximate surface area is 214 Å². The Morgan fingerprint density at radius 1 is 1.19 bits per heavy atom. The molecular weight excluding hydrogens is 472 g/mol. The Morgan fingerprint density at radius 2 is 2.03 bits per heavy atom. The Hall–Kier alpha value is -4.21. The van der Waals surface area contributed by atoms with E-state index in [2.05, 4.69) is 20.4 Å². The summed E-state index contributed by atoms with van der Waals surface area (Å²) in [4.78, 5) is 36.2. The second kappa shape index (κ2) is 9.68. The van der Waals surface area contributed by atoms with Gasteiger partial charge in [-0.2, -0.15) is 4.98 Å². The van der Waals surface area contributed by atoms with Crippen molar-refractivity contribution in [3.63, 3.8) is 0 Å². The molecule has 0 saturated carbocycles. The highest BCUT2D eigenvalue weighted by Crippen LogP contribution is 2.30. The fourth-order valence-electron chi connectivity index (χ4n) is 4.37. The number of likely N-dealkylation sites (tertiary alicyclic amines) is 1. The number of nitrogens with one attached hydrogen (secondary N) is 1. The summed E-state index contributed by atoms with van der Waals surface area (Å²) in [7, 11) is 0. The first-order chi connectivity index (χ1) is 17.7. The van der Waals surface area contributed by atoms with E-state index in [9.17, 15) is 9.59 Å². The largest absolute Gasteiger partial charge is 0.444 e. The molecule has 1 aromatic carbocycles. The first kappa shape index (κ1) is 24.5. The Kier molecular flexibility index (Phi) is 6.41. The van der Waals surface area contributed by atoms with Gasteiger partial charge in [0.2, 0.25) is 11.7 Å². The highest BCUT2D eigenvalue weighted by molar-refractivity contribution is 6.04. The van der Waals surface area contributed by atoms with Crippen molar-refractivity contribution in [2.24, 2.45) is 0 Å². The fraction of sp³-hybridized carbons (Fsp3) is 0.370. The molecule has 1 fully saturated rings. The van der Waals surface area contributed by atoms with Crippen molar-refractivity contribution in [1.29, 1.82) is 0 Å². The van der Waals surface area contributed by atoms with Crippen LogP contribution in [0.25, 0.3) is 17.0 Å². The number of anilines is 1. The van der Waals surface area contributed by atoms with Crippen LogP contribution in [0.5, 0.6) is 0 Å². The van der Waals surface area contributed by atoms with Crippen LogP contribution in [0.1, 0.15) is 61.5 Å². The molecule has 192 valence electrons. The number of benzene rings is 1. The van der Waals surface area contributed by atoms with Gasteiger partial charge in [-0.3, -0.25) is 9.20 Å². The molecule has 1 saturated heterocycles. The quantitative estimate of drug-likeness (QED) is 0.415. The van der Waals surface area contributed by atoms with E-state index in [1.807, 2.05) is 64.1 Å². The zero-order valence-electron chi connectivity index (χ0n) is 21.4. The summed E-state index contributed by atoms with van der Waals surface area (Å²) in [6.45, 7) is 8.58. The molecule has 2 amide bonds. The molecule has 0 aliphatic carbocycles. The predicted octanol–water partition coefficient (Wildman–Crippen LogP) is 5.06. The van der Waals surface area contributed by atoms with Crippen LogP contribution < -0.4 is 5.32 Å². The number of aromatic nitrogens is 4. The number of hydrogen-bond acceptors (Lipinski definition) is 7. The maximum atomic E-state index is 13.0. The summed E-state index contributed by atoms with van der Waals surface area (Å²) in [6.07, 6.45) is 4.69. The Morgan fingerprint density at radius 3 is 2.84 bits per heavy atom. The summed E-state index contributed by atoms with van der Waals surface area (Å²) in [5, 5.41) is 7.16. The lowest BCUT2D eigenvalue weighted by molar-refractivity contribution is 0.0189. The number of rotatable bonds is 4. The van der Waals surface area contributed by atoms with Crippen molar-refractivity contribution in [2.45, 2.75) is 52.1 Å². The van der Waals surface area contributed by atoms with Gasteiger partial charge in [0.05, 0.1) is 12.1 Å². The van der Waals surface area contributed by atoms with Crippen LogP contribution >= 0.6 is 0 Å². The number of imidazole rings is 1. The van der Waals surface area contributed by atoms with E-state index in [1.54, 1.807) is 21.7 Å². The van der Waals surface area contributed by atoms with Gasteiger partial charge in [-0.15, -0.1) is 0 Å². The number of hydrogen-bond donors (Lipinski definition) is 1. The molecule has 1 aliphatic rings. The number of aryl methyl sites for hydroxylation is 1. The second-order valence-corrected chi connectivity index (χ2v) is 10.3. The molecule has 0 bridgehead atoms. The van der Waals surface area contributed by atoms with Crippen molar-refractivity contribution in [2.75, 3.05) is 18.4 Å². The molecule has 37 heavy (non-hydrogen) atoms. The van der Waals surface area contributed by atoms with Crippen LogP contribution in [0, 0.1) is 6.92 Å². The van der Waals surface area contributed by atoms with Gasteiger partial charge >= 0.3 is 6.09 Å². The topological polar surface area (TPSA) is 115 Å². The number of carbonyl (C=O) groups excluding carboxylic acids is 2. The maximum Gasteiger partial charge on any atom is 0.410 e. The van der Waals surface area contributed by atoms with Gasteiger partial charge in [-0.25, -0.2) is 9.78 Å². The van der Waals surface area contributed by atoms with Crippen LogP contribution in [-0.2, 0) is 4.74 Å². The van der Waals surface area contributed by atoms with Crippen LogP contribution in [0.3, 0.4) is 0 Å². The van der Waals surface area contributed by atoms with E-state index in [0.29, 0.717) is 47.4 Å². The zero-order chi connectivity index (χ0) is 26.2. The number of pyridine rings is 1. The third kappa shape index (κ3) is 5.32. The SMILES string of the molecule is Cc1ccc(-c2noc(C3CCCN(C(=O)OC(C)(C)C)C3)n2)cc1NC(=O)c1cnc2ccccn12. The summed E-state index contributed by atoms with van der Waals surface area (Å²) in [5.41, 5.74) is 2.85. The van der Waals surface area contributed by atoms with Crippen LogP contribution in [-0.4, -0.2) is 55.1 Å². The molecular formula is C27H30N6O4. The van der Waals surface area contributed by atoms with E-state index in [1.165, 1.54) is 0 Å². The van der Waals surface area contributed by atoms with Gasteiger partial charge in [-0.05, 0) is 64.3 Å². The monoisotopic (exact) mass is 502 g/mol. The van der Waals surface area contributed by atoms with Gasteiger partial charge in [0, 0.05) is 30.5 Å². The second-order valence-electron chi connectivity index (χ2n) is 10.3. The predicted molar refractivity (Wildman–Crippen MR) is 137 cm³/mol. The van der Waals surface area contributed by atoms with Crippen LogP contribution in [0.4, 0.5) is 10.5 Å². The first-order valence-electron chi connectivity index (χ1n) is 12.3. The van der Waals surface area contributed by atoms with Crippen LogP contribution in [0.2, 0.25) is 0 Å². The number of carbonyl (C=O) groups is 2. The minimum absolute atomic E-state index is 0.0673. The number of nitrogens with zero attached hydrogens (tertiary/aromatic N) is 5. The molecule has 4 aromatic rings. The van der Waals surface area contributed by atoms with Crippen molar-refractivity contribution in [3.8, 4) is 11.4 Å². The van der Waals surface area contributed by atoms with E-state index in [-0.39, 0.29) is 17.9 Å². The summed E-state index contributed by atoms with van der Waals surface area (Å²) in [5.74, 6) is 0.578. The minimum atomic E-state index is -0.550. The molecule has 3 aromatic heterocycles. The van der Waals surface area contributed by atoms with Gasteiger partial charge in [0.15, 0.2) is 0 Å². The lowest BCUT2D eigenvalue weighted by Gasteiger charge is -2.32. The third-order valence-corrected chi connectivity index (χ3v) is 6.26. The maximum absolute atomic E-state index is 13.0. The normalized spacial score (nSPS) is 16.1. The molecule has 1 N–H and O–H groups in total. The number of fused-ring (bicyclic) bond motifs is 1. The van der Waals surface area contributed by atoms with Crippen LogP contribution in [0.15, 0.2) is 53.3 Å². The molecule has 10 heteroatoms. The standard InChI is InChI=1S/C27H30N6O4/c1-17-10-11-18(14-20(17)29-24(34)21-15-28-22-9-5-6-13-33(21)22)23-30-25(37-31-23)19-8-7-12-32(16-19)26(35)36-27(2,3)4/h5-6,9-11,13-15,19H,7-8,12,16H2,1-4H3,(H,29,34). The highest BCUT2D eigenvalue weighted by Gasteiger charge is 2.31. The minimum Gasteiger partial charge on any atom is -0.444 e. The lowest BCUT2D eigenvalue weighted by Crippen LogP contribution is -2.42. The van der Waals surface area contributed by atoms with E-state index < -0.39 is 5.60 Å². The van der Waals surface area contributed by atoms with Crippen molar-refractivity contribution < 1.29 is 18.8 Å². The molecule has 5 rings (SSSR count). The first-order valence-corrected chi connectivity index (χ1v) is 12.3. The summed E-state index contributed by atoms with van der Waals surface area (Å²) >= 11 is 0. The lowest BCUT2D eigenvalue weighted by atomic mass is 9.98. The average Bonchev–Trinajstić information content (AvgIpc) is 3.52. The number of ether oxygens (including phenoxy) is 1. The van der Waals surface area contributed by atoms with Crippen molar-refractivity contribution in [1.82, 2.24) is 24.4 Å². The molecule has 10 nitrogen and oxygen atoms in total. The molecule has 0 spiro atoms. The molecule has 4 heterocycles. The van der Waals surface area contributed by atoms with Gasteiger partial charge < -0.3 is 19.5 Å². The van der Waals surface area contributed by atoms with Crippen molar-refractivity contribution in [3.05, 3.63) is 65.9 Å². The molecule has 1 unspecified atom stereocenters. The van der Waals surface area contributed by atoms with E-state index in [4.69, 9.17) is 9.26 Å². The molecule has 0 radical (unpaired) electrons.